The van der Waals surface area contributed by atoms with Crippen LogP contribution in [0.25, 0.3) is 0 Å². The molecule has 1 fully saturated rings. The molecule has 2 atom stereocenters. The lowest BCUT2D eigenvalue weighted by Crippen LogP contribution is -2.30. The second kappa shape index (κ2) is 5.46. The van der Waals surface area contributed by atoms with Crippen LogP contribution >= 0.6 is 22.6 Å². The van der Waals surface area contributed by atoms with Crippen molar-refractivity contribution in [2.75, 3.05) is 11.1 Å². The highest BCUT2D eigenvalue weighted by Gasteiger charge is 2.23. The summed E-state index contributed by atoms with van der Waals surface area (Å²) in [7, 11) is 0. The molecule has 0 bridgehead atoms. The molecule has 0 spiro atoms. The fraction of sp³-hybridized carbons (Fsp3) is 0.571. The summed E-state index contributed by atoms with van der Waals surface area (Å²) in [6.07, 6.45) is 3.94. The van der Waals surface area contributed by atoms with E-state index in [9.17, 15) is 0 Å². The van der Waals surface area contributed by atoms with Gasteiger partial charge in [0, 0.05) is 21.0 Å². The van der Waals surface area contributed by atoms with Gasteiger partial charge in [0.2, 0.25) is 0 Å². The van der Waals surface area contributed by atoms with Crippen molar-refractivity contribution in [2.45, 2.75) is 39.2 Å². The van der Waals surface area contributed by atoms with Crippen LogP contribution < -0.4 is 11.1 Å². The summed E-state index contributed by atoms with van der Waals surface area (Å²) in [6.45, 7) is 4.72. The SMILES string of the molecule is CC1CC(C)CC(Nc2ccc(N)cc2I)C1. The lowest BCUT2D eigenvalue weighted by molar-refractivity contribution is 0.281. The maximum absolute atomic E-state index is 5.77. The van der Waals surface area contributed by atoms with Crippen LogP contribution in [0, 0.1) is 15.4 Å². The van der Waals surface area contributed by atoms with Gasteiger partial charge in [0.15, 0.2) is 0 Å². The molecule has 1 aliphatic rings. The number of benzene rings is 1. The van der Waals surface area contributed by atoms with Crippen molar-refractivity contribution in [1.29, 1.82) is 0 Å². The first-order valence-electron chi connectivity index (χ1n) is 6.36. The van der Waals surface area contributed by atoms with Gasteiger partial charge >= 0.3 is 0 Å². The van der Waals surface area contributed by atoms with Gasteiger partial charge in [-0.25, -0.2) is 0 Å². The molecule has 0 aliphatic heterocycles. The van der Waals surface area contributed by atoms with Crippen molar-refractivity contribution in [3.8, 4) is 0 Å². The predicted molar refractivity (Wildman–Crippen MR) is 83.2 cm³/mol. The smallest absolute Gasteiger partial charge is 0.0479 e. The molecule has 2 rings (SSSR count). The Morgan fingerprint density at radius 1 is 1.18 bits per heavy atom. The lowest BCUT2D eigenvalue weighted by atomic mass is 9.80. The molecule has 17 heavy (non-hydrogen) atoms. The largest absolute Gasteiger partial charge is 0.399 e. The Bertz CT molecular complexity index is 382. The van der Waals surface area contributed by atoms with Gasteiger partial charge in [-0.15, -0.1) is 0 Å². The second-order valence-corrected chi connectivity index (χ2v) is 6.66. The summed E-state index contributed by atoms with van der Waals surface area (Å²) in [5.41, 5.74) is 7.84. The number of nitrogens with one attached hydrogen (secondary N) is 1. The zero-order chi connectivity index (χ0) is 12.4. The fourth-order valence-corrected chi connectivity index (χ4v) is 3.63. The molecule has 1 aromatic rings. The molecule has 3 heteroatoms. The average Bonchev–Trinajstić information content (AvgIpc) is 2.21. The molecule has 1 aromatic carbocycles. The number of anilines is 2. The molecule has 0 heterocycles. The Morgan fingerprint density at radius 2 is 1.82 bits per heavy atom. The Balaban J connectivity index is 2.04. The van der Waals surface area contributed by atoms with Gasteiger partial charge in [-0.1, -0.05) is 13.8 Å². The minimum Gasteiger partial charge on any atom is -0.399 e. The quantitative estimate of drug-likeness (QED) is 0.626. The predicted octanol–water partition coefficient (Wildman–Crippen LogP) is 4.11. The van der Waals surface area contributed by atoms with Crippen LogP contribution in [0.3, 0.4) is 0 Å². The van der Waals surface area contributed by atoms with Crippen LogP contribution in [0.5, 0.6) is 0 Å². The minimum absolute atomic E-state index is 0.617. The topological polar surface area (TPSA) is 38.0 Å². The maximum Gasteiger partial charge on any atom is 0.0479 e. The average molecular weight is 344 g/mol. The van der Waals surface area contributed by atoms with E-state index in [0.717, 1.165) is 17.5 Å². The van der Waals surface area contributed by atoms with Gasteiger partial charge in [-0.2, -0.15) is 0 Å². The van der Waals surface area contributed by atoms with E-state index >= 15 is 0 Å². The number of nitrogen functional groups attached to an aromatic ring is 1. The number of rotatable bonds is 2. The fourth-order valence-electron chi connectivity index (χ4n) is 2.93. The Kier molecular flexibility index (Phi) is 4.17. The molecular weight excluding hydrogens is 323 g/mol. The standard InChI is InChI=1S/C14H21IN2/c1-9-5-10(2)7-12(6-9)17-14-4-3-11(16)8-13(14)15/h3-4,8-10,12,17H,5-7,16H2,1-2H3. The van der Waals surface area contributed by atoms with E-state index in [2.05, 4.69) is 47.8 Å². The van der Waals surface area contributed by atoms with Gasteiger partial charge in [0.1, 0.15) is 0 Å². The summed E-state index contributed by atoms with van der Waals surface area (Å²) in [4.78, 5) is 0. The molecular formula is C14H21IN2. The summed E-state index contributed by atoms with van der Waals surface area (Å²) in [5, 5.41) is 3.67. The highest BCUT2D eigenvalue weighted by atomic mass is 127. The minimum atomic E-state index is 0.617. The van der Waals surface area contributed by atoms with Gasteiger partial charge in [0.25, 0.3) is 0 Å². The summed E-state index contributed by atoms with van der Waals surface area (Å²) in [6, 6.07) is 6.71. The van der Waals surface area contributed by atoms with E-state index in [0.29, 0.717) is 6.04 Å². The van der Waals surface area contributed by atoms with E-state index < -0.39 is 0 Å². The van der Waals surface area contributed by atoms with E-state index in [1.807, 2.05) is 12.1 Å². The summed E-state index contributed by atoms with van der Waals surface area (Å²) < 4.78 is 1.22. The third-order valence-electron chi connectivity index (χ3n) is 3.53. The van der Waals surface area contributed by atoms with Crippen molar-refractivity contribution >= 4 is 34.0 Å². The van der Waals surface area contributed by atoms with Crippen LogP contribution in [-0.2, 0) is 0 Å². The molecule has 1 saturated carbocycles. The van der Waals surface area contributed by atoms with Crippen LogP contribution in [0.2, 0.25) is 0 Å². The first-order chi connectivity index (χ1) is 8.04. The lowest BCUT2D eigenvalue weighted by Gasteiger charge is -2.32. The van der Waals surface area contributed by atoms with Gasteiger partial charge in [-0.05, 0) is 71.9 Å². The summed E-state index contributed by atoms with van der Waals surface area (Å²) >= 11 is 2.35. The highest BCUT2D eigenvalue weighted by molar-refractivity contribution is 14.1. The second-order valence-electron chi connectivity index (χ2n) is 5.50. The number of hydrogen-bond donors (Lipinski definition) is 2. The molecule has 0 amide bonds. The Morgan fingerprint density at radius 3 is 2.41 bits per heavy atom. The first-order valence-corrected chi connectivity index (χ1v) is 7.44. The number of hydrogen-bond acceptors (Lipinski definition) is 2. The molecule has 0 saturated heterocycles. The molecule has 1 aliphatic carbocycles. The van der Waals surface area contributed by atoms with Crippen molar-refractivity contribution in [2.24, 2.45) is 11.8 Å². The van der Waals surface area contributed by atoms with Crippen LogP contribution in [0.4, 0.5) is 11.4 Å². The molecule has 94 valence electrons. The Hall–Kier alpha value is -0.450. The maximum atomic E-state index is 5.77. The van der Waals surface area contributed by atoms with E-state index in [1.54, 1.807) is 0 Å². The monoisotopic (exact) mass is 344 g/mol. The van der Waals surface area contributed by atoms with Gasteiger partial charge in [-0.3, -0.25) is 0 Å². The number of nitrogens with two attached hydrogens (primary N) is 1. The van der Waals surface area contributed by atoms with E-state index in [4.69, 9.17) is 5.73 Å². The third-order valence-corrected chi connectivity index (χ3v) is 4.42. The van der Waals surface area contributed by atoms with Crippen LogP contribution in [-0.4, -0.2) is 6.04 Å². The molecule has 0 aromatic heterocycles. The van der Waals surface area contributed by atoms with Crippen LogP contribution in [0.15, 0.2) is 18.2 Å². The van der Waals surface area contributed by atoms with Gasteiger partial charge < -0.3 is 11.1 Å². The van der Waals surface area contributed by atoms with E-state index in [-0.39, 0.29) is 0 Å². The van der Waals surface area contributed by atoms with Crippen molar-refractivity contribution in [1.82, 2.24) is 0 Å². The zero-order valence-corrected chi connectivity index (χ0v) is 12.7. The third kappa shape index (κ3) is 3.50. The van der Waals surface area contributed by atoms with Crippen molar-refractivity contribution in [3.05, 3.63) is 21.8 Å². The Labute approximate surface area is 117 Å². The first kappa shape index (κ1) is 13.0. The van der Waals surface area contributed by atoms with Crippen molar-refractivity contribution < 1.29 is 0 Å². The molecule has 2 nitrogen and oxygen atoms in total. The summed E-state index contributed by atoms with van der Waals surface area (Å²) in [5.74, 6) is 1.67. The zero-order valence-electron chi connectivity index (χ0n) is 10.5. The van der Waals surface area contributed by atoms with Crippen molar-refractivity contribution in [3.63, 3.8) is 0 Å². The van der Waals surface area contributed by atoms with Crippen LogP contribution in [0.1, 0.15) is 33.1 Å². The molecule has 3 N–H and O–H groups in total. The highest BCUT2D eigenvalue weighted by Crippen LogP contribution is 2.31. The van der Waals surface area contributed by atoms with Gasteiger partial charge in [0.05, 0.1) is 0 Å². The molecule has 0 radical (unpaired) electrons. The molecule has 2 unspecified atom stereocenters. The van der Waals surface area contributed by atoms with E-state index in [1.165, 1.54) is 28.5 Å². The normalized spacial score (nSPS) is 29.0. The number of halogens is 1.